The molecule has 162 valence electrons. The van der Waals surface area contributed by atoms with Crippen LogP contribution >= 0.6 is 23.2 Å². The van der Waals surface area contributed by atoms with Crippen LogP contribution in [-0.4, -0.2) is 13.1 Å². The molecule has 5 nitrogen and oxygen atoms in total. The number of hydrogen-bond acceptors (Lipinski definition) is 4. The van der Waals surface area contributed by atoms with Gasteiger partial charge in [0.15, 0.2) is 0 Å². The summed E-state index contributed by atoms with van der Waals surface area (Å²) in [7, 11) is 1.62. The van der Waals surface area contributed by atoms with Gasteiger partial charge >= 0.3 is 11.7 Å². The Morgan fingerprint density at radius 3 is 2.47 bits per heavy atom. The fourth-order valence-corrected chi connectivity index (χ4v) is 3.74. The lowest BCUT2D eigenvalue weighted by atomic mass is 9.99. The Balaban J connectivity index is 1.61. The number of carbonyl (C=O) groups is 1. The molecule has 0 N–H and O–H groups in total. The Bertz CT molecular complexity index is 1370. The standard InChI is InChI=1S/C25H19Cl2NO4/c1-15-19-10-9-18(31-25(30)28(2)17-6-4-3-5-7-17)14-23(19)32-24(29)20(15)12-16-8-11-21(26)22(27)13-16/h3-11,13-14H,12H2,1-2H3. The highest BCUT2D eigenvalue weighted by atomic mass is 35.5. The number of benzene rings is 3. The first-order valence-electron chi connectivity index (χ1n) is 9.84. The Labute approximate surface area is 194 Å². The van der Waals surface area contributed by atoms with Crippen LogP contribution in [0.3, 0.4) is 0 Å². The Kier molecular flexibility index (Phi) is 6.21. The normalized spacial score (nSPS) is 10.9. The number of nitrogens with zero attached hydrogens (tertiary/aromatic N) is 1. The fraction of sp³-hybridized carbons (Fsp3) is 0.120. The Hall–Kier alpha value is -3.28. The summed E-state index contributed by atoms with van der Waals surface area (Å²) in [5.74, 6) is 0.282. The second-order valence-electron chi connectivity index (χ2n) is 7.34. The van der Waals surface area contributed by atoms with E-state index in [4.69, 9.17) is 32.4 Å². The number of amides is 1. The molecule has 4 aromatic rings. The van der Waals surface area contributed by atoms with Gasteiger partial charge in [-0.15, -0.1) is 0 Å². The van der Waals surface area contributed by atoms with E-state index in [1.54, 1.807) is 49.5 Å². The molecule has 0 spiro atoms. The summed E-state index contributed by atoms with van der Waals surface area (Å²) < 4.78 is 11.0. The topological polar surface area (TPSA) is 59.8 Å². The summed E-state index contributed by atoms with van der Waals surface area (Å²) in [4.78, 5) is 26.6. The van der Waals surface area contributed by atoms with Crippen LogP contribution < -0.4 is 15.3 Å². The highest BCUT2D eigenvalue weighted by Gasteiger charge is 2.16. The van der Waals surface area contributed by atoms with Crippen molar-refractivity contribution in [2.24, 2.45) is 0 Å². The molecule has 32 heavy (non-hydrogen) atoms. The molecule has 0 fully saturated rings. The number of anilines is 1. The number of fused-ring (bicyclic) bond motifs is 1. The molecule has 1 amide bonds. The van der Waals surface area contributed by atoms with Crippen LogP contribution in [0, 0.1) is 6.92 Å². The molecule has 3 aromatic carbocycles. The number of carbonyl (C=O) groups excluding carboxylic acids is 1. The van der Waals surface area contributed by atoms with Crippen molar-refractivity contribution in [3.63, 3.8) is 0 Å². The van der Waals surface area contributed by atoms with Crippen molar-refractivity contribution in [1.29, 1.82) is 0 Å². The second-order valence-corrected chi connectivity index (χ2v) is 8.15. The van der Waals surface area contributed by atoms with E-state index >= 15 is 0 Å². The predicted molar refractivity (Wildman–Crippen MR) is 127 cm³/mol. The molecule has 0 radical (unpaired) electrons. The first-order valence-corrected chi connectivity index (χ1v) is 10.6. The van der Waals surface area contributed by atoms with Gasteiger partial charge in [0.1, 0.15) is 11.3 Å². The molecule has 0 aliphatic heterocycles. The van der Waals surface area contributed by atoms with Crippen molar-refractivity contribution in [3.8, 4) is 5.75 Å². The monoisotopic (exact) mass is 467 g/mol. The molecule has 0 bridgehead atoms. The van der Waals surface area contributed by atoms with Crippen LogP contribution in [0.1, 0.15) is 16.7 Å². The average Bonchev–Trinajstić information content (AvgIpc) is 2.79. The molecule has 0 saturated carbocycles. The van der Waals surface area contributed by atoms with Gasteiger partial charge in [0.2, 0.25) is 0 Å². The fourth-order valence-electron chi connectivity index (χ4n) is 3.42. The number of hydrogen-bond donors (Lipinski definition) is 0. The first kappa shape index (κ1) is 21.9. The minimum Gasteiger partial charge on any atom is -0.422 e. The van der Waals surface area contributed by atoms with Crippen LogP contribution in [0.2, 0.25) is 10.0 Å². The minimum atomic E-state index is -0.550. The maximum atomic E-state index is 12.7. The van der Waals surface area contributed by atoms with Crippen molar-refractivity contribution in [3.05, 3.63) is 104 Å². The summed E-state index contributed by atoms with van der Waals surface area (Å²) in [5, 5.41) is 1.65. The van der Waals surface area contributed by atoms with E-state index in [0.717, 1.165) is 16.5 Å². The molecule has 0 atom stereocenters. The van der Waals surface area contributed by atoms with Crippen molar-refractivity contribution < 1.29 is 13.9 Å². The second kappa shape index (κ2) is 9.07. The van der Waals surface area contributed by atoms with E-state index < -0.39 is 11.7 Å². The van der Waals surface area contributed by atoms with Gasteiger partial charge in [-0.3, -0.25) is 4.90 Å². The number of ether oxygens (including phenoxy) is 1. The minimum absolute atomic E-state index is 0.282. The van der Waals surface area contributed by atoms with Gasteiger partial charge in [-0.05, 0) is 54.4 Å². The lowest BCUT2D eigenvalue weighted by molar-refractivity contribution is 0.209. The zero-order valence-electron chi connectivity index (χ0n) is 17.4. The number of rotatable bonds is 4. The highest BCUT2D eigenvalue weighted by molar-refractivity contribution is 6.42. The highest BCUT2D eigenvalue weighted by Crippen LogP contribution is 2.28. The summed E-state index contributed by atoms with van der Waals surface area (Å²) in [6.07, 6.45) is -0.189. The predicted octanol–water partition coefficient (Wildman–Crippen LogP) is 6.63. The van der Waals surface area contributed by atoms with Crippen molar-refractivity contribution in [2.75, 3.05) is 11.9 Å². The Morgan fingerprint density at radius 2 is 1.75 bits per heavy atom. The van der Waals surface area contributed by atoms with Crippen molar-refractivity contribution >= 4 is 46.0 Å². The molecule has 0 aliphatic rings. The molecule has 0 saturated heterocycles. The number of para-hydroxylation sites is 1. The number of halogens is 2. The quantitative estimate of drug-likeness (QED) is 0.315. The smallest absolute Gasteiger partial charge is 0.419 e. The molecular formula is C25H19Cl2NO4. The average molecular weight is 468 g/mol. The third kappa shape index (κ3) is 4.49. The SMILES string of the molecule is Cc1c(Cc2ccc(Cl)c(Cl)c2)c(=O)oc2cc(OC(=O)N(C)c3ccccc3)ccc12. The van der Waals surface area contributed by atoms with Gasteiger partial charge in [0, 0.05) is 36.2 Å². The Morgan fingerprint density at radius 1 is 1.00 bits per heavy atom. The maximum absolute atomic E-state index is 12.7. The molecule has 0 unspecified atom stereocenters. The summed E-state index contributed by atoms with van der Waals surface area (Å²) in [6, 6.07) is 19.4. The molecular weight excluding hydrogens is 449 g/mol. The van der Waals surface area contributed by atoms with Gasteiger partial charge in [0.05, 0.1) is 10.0 Å². The van der Waals surface area contributed by atoms with E-state index in [-0.39, 0.29) is 5.75 Å². The van der Waals surface area contributed by atoms with Crippen LogP contribution in [0.5, 0.6) is 5.75 Å². The third-order valence-corrected chi connectivity index (χ3v) is 5.99. The van der Waals surface area contributed by atoms with E-state index in [1.807, 2.05) is 31.2 Å². The summed E-state index contributed by atoms with van der Waals surface area (Å²) in [6.45, 7) is 1.86. The number of aryl methyl sites for hydroxylation is 1. The summed E-state index contributed by atoms with van der Waals surface area (Å²) in [5.41, 5.74) is 2.77. The first-order chi connectivity index (χ1) is 15.3. The van der Waals surface area contributed by atoms with Crippen molar-refractivity contribution in [2.45, 2.75) is 13.3 Å². The zero-order valence-corrected chi connectivity index (χ0v) is 18.9. The third-order valence-electron chi connectivity index (χ3n) is 5.25. The van der Waals surface area contributed by atoms with E-state index in [1.165, 1.54) is 4.90 Å². The molecule has 1 heterocycles. The molecule has 0 aliphatic carbocycles. The van der Waals surface area contributed by atoms with E-state index in [0.29, 0.717) is 33.3 Å². The molecule has 4 rings (SSSR count). The lowest BCUT2D eigenvalue weighted by Crippen LogP contribution is -2.29. The molecule has 7 heteroatoms. The van der Waals surface area contributed by atoms with Gasteiger partial charge in [-0.25, -0.2) is 9.59 Å². The van der Waals surface area contributed by atoms with Crippen molar-refractivity contribution in [1.82, 2.24) is 0 Å². The van der Waals surface area contributed by atoms with Crippen LogP contribution in [-0.2, 0) is 6.42 Å². The van der Waals surface area contributed by atoms with Gasteiger partial charge < -0.3 is 9.15 Å². The maximum Gasteiger partial charge on any atom is 0.419 e. The molecule has 1 aromatic heterocycles. The zero-order chi connectivity index (χ0) is 22.8. The van der Waals surface area contributed by atoms with Gasteiger partial charge in [-0.1, -0.05) is 47.5 Å². The summed E-state index contributed by atoms with van der Waals surface area (Å²) >= 11 is 12.1. The van der Waals surface area contributed by atoms with E-state index in [2.05, 4.69) is 0 Å². The van der Waals surface area contributed by atoms with Crippen LogP contribution in [0.25, 0.3) is 11.0 Å². The van der Waals surface area contributed by atoms with E-state index in [9.17, 15) is 9.59 Å². The van der Waals surface area contributed by atoms with Crippen LogP contribution in [0.4, 0.5) is 10.5 Å². The van der Waals surface area contributed by atoms with Gasteiger partial charge in [-0.2, -0.15) is 0 Å². The van der Waals surface area contributed by atoms with Crippen LogP contribution in [0.15, 0.2) is 75.9 Å². The lowest BCUT2D eigenvalue weighted by Gasteiger charge is -2.17. The largest absolute Gasteiger partial charge is 0.422 e. The van der Waals surface area contributed by atoms with Gasteiger partial charge in [0.25, 0.3) is 0 Å².